The Morgan fingerprint density at radius 3 is 2.45 bits per heavy atom. The summed E-state index contributed by atoms with van der Waals surface area (Å²) in [6.07, 6.45) is 6.96. The molecule has 6 rings (SSSR count). The van der Waals surface area contributed by atoms with Gasteiger partial charge in [0.15, 0.2) is 0 Å². The summed E-state index contributed by atoms with van der Waals surface area (Å²) < 4.78 is 5.49. The molecule has 0 aromatic carbocycles. The first-order chi connectivity index (χ1) is 14.3. The Morgan fingerprint density at radius 2 is 1.79 bits per heavy atom. The molecule has 1 N–H and O–H groups in total. The summed E-state index contributed by atoms with van der Waals surface area (Å²) in [6.45, 7) is 5.61. The average molecular weight is 392 g/mol. The second-order valence-electron chi connectivity index (χ2n) is 9.32. The lowest BCUT2D eigenvalue weighted by Crippen LogP contribution is -2.34. The topological polar surface area (TPSA) is 63.2 Å². The molecule has 2 aromatic heterocycles. The summed E-state index contributed by atoms with van der Waals surface area (Å²) in [7, 11) is 0. The molecule has 0 radical (unpaired) electrons. The Bertz CT molecular complexity index is 833. The van der Waals surface area contributed by atoms with E-state index in [-0.39, 0.29) is 0 Å². The van der Waals surface area contributed by atoms with Gasteiger partial charge in [0, 0.05) is 62.3 Å². The fourth-order valence-electron chi connectivity index (χ4n) is 5.18. The maximum absolute atomic E-state index is 5.49. The van der Waals surface area contributed by atoms with E-state index in [1.165, 1.54) is 51.0 Å². The number of rotatable bonds is 6. The van der Waals surface area contributed by atoms with Gasteiger partial charge >= 0.3 is 0 Å². The predicted molar refractivity (Wildman–Crippen MR) is 112 cm³/mol. The van der Waals surface area contributed by atoms with Crippen molar-refractivity contribution in [3.8, 4) is 11.3 Å². The van der Waals surface area contributed by atoms with Crippen molar-refractivity contribution in [2.75, 3.05) is 38.2 Å². The minimum absolute atomic E-state index is 0.570. The highest BCUT2D eigenvalue weighted by atomic mass is 16.5. The molecule has 0 bridgehead atoms. The van der Waals surface area contributed by atoms with E-state index >= 15 is 0 Å². The average Bonchev–Trinajstić information content (AvgIpc) is 3.68. The molecule has 0 amide bonds. The summed E-state index contributed by atoms with van der Waals surface area (Å²) in [5.74, 6) is 3.96. The van der Waals surface area contributed by atoms with E-state index < -0.39 is 0 Å². The fraction of sp³-hybridized carbons (Fsp3) is 0.609. The van der Waals surface area contributed by atoms with E-state index in [1.807, 2.05) is 6.20 Å². The number of fused-ring (bicyclic) bond motifs is 1. The SMILES string of the molecule is c1cc(C2CC2)ncc1-c1ccc(N[C@H]2[C@@H]3CN(CC4CCOCC4)C[C@@H]32)nn1. The van der Waals surface area contributed by atoms with Crippen LogP contribution in [0.15, 0.2) is 30.5 Å². The number of likely N-dealkylation sites (tertiary alicyclic amines) is 1. The van der Waals surface area contributed by atoms with Crippen LogP contribution in [0.5, 0.6) is 0 Å². The van der Waals surface area contributed by atoms with Gasteiger partial charge in [0.05, 0.1) is 5.69 Å². The number of piperidine rings is 1. The van der Waals surface area contributed by atoms with Crippen LogP contribution >= 0.6 is 0 Å². The molecule has 29 heavy (non-hydrogen) atoms. The Morgan fingerprint density at radius 1 is 0.966 bits per heavy atom. The van der Waals surface area contributed by atoms with E-state index in [9.17, 15) is 0 Å². The molecular weight excluding hydrogens is 362 g/mol. The van der Waals surface area contributed by atoms with Gasteiger partial charge in [-0.15, -0.1) is 10.2 Å². The van der Waals surface area contributed by atoms with Gasteiger partial charge in [0.25, 0.3) is 0 Å². The number of hydrogen-bond acceptors (Lipinski definition) is 6. The van der Waals surface area contributed by atoms with Gasteiger partial charge in [-0.2, -0.15) is 0 Å². The largest absolute Gasteiger partial charge is 0.381 e. The first-order valence-corrected chi connectivity index (χ1v) is 11.2. The quantitative estimate of drug-likeness (QED) is 0.816. The summed E-state index contributed by atoms with van der Waals surface area (Å²) >= 11 is 0. The molecule has 152 valence electrons. The van der Waals surface area contributed by atoms with Crippen molar-refractivity contribution in [1.29, 1.82) is 0 Å². The molecule has 2 saturated heterocycles. The zero-order valence-electron chi connectivity index (χ0n) is 16.8. The van der Waals surface area contributed by atoms with Gasteiger partial charge in [-0.3, -0.25) is 4.98 Å². The Hall–Kier alpha value is -2.05. The molecule has 4 aliphatic rings. The molecule has 0 spiro atoms. The monoisotopic (exact) mass is 391 g/mol. The van der Waals surface area contributed by atoms with Crippen LogP contribution < -0.4 is 5.32 Å². The number of aromatic nitrogens is 3. The highest BCUT2D eigenvalue weighted by Crippen LogP contribution is 2.47. The maximum atomic E-state index is 5.49. The van der Waals surface area contributed by atoms with E-state index in [1.54, 1.807) is 0 Å². The first kappa shape index (κ1) is 17.8. The normalized spacial score (nSPS) is 29.6. The van der Waals surface area contributed by atoms with Gasteiger partial charge in [-0.25, -0.2) is 0 Å². The van der Waals surface area contributed by atoms with Crippen molar-refractivity contribution < 1.29 is 4.74 Å². The zero-order valence-corrected chi connectivity index (χ0v) is 16.8. The van der Waals surface area contributed by atoms with E-state index in [0.717, 1.165) is 48.0 Å². The van der Waals surface area contributed by atoms with Gasteiger partial charge < -0.3 is 15.0 Å². The second-order valence-corrected chi connectivity index (χ2v) is 9.32. The van der Waals surface area contributed by atoms with Crippen molar-refractivity contribution in [2.45, 2.75) is 37.6 Å². The molecule has 0 unspecified atom stereocenters. The van der Waals surface area contributed by atoms with Crippen LogP contribution in [0.25, 0.3) is 11.3 Å². The smallest absolute Gasteiger partial charge is 0.148 e. The molecule has 2 aromatic rings. The molecule has 2 aliphatic heterocycles. The van der Waals surface area contributed by atoms with Crippen molar-refractivity contribution >= 4 is 5.82 Å². The minimum atomic E-state index is 0.570. The van der Waals surface area contributed by atoms with E-state index in [4.69, 9.17) is 4.74 Å². The molecule has 4 heterocycles. The van der Waals surface area contributed by atoms with Crippen LogP contribution in [0, 0.1) is 17.8 Å². The van der Waals surface area contributed by atoms with Crippen LogP contribution in [-0.4, -0.2) is 59.0 Å². The van der Waals surface area contributed by atoms with Crippen molar-refractivity contribution in [2.24, 2.45) is 17.8 Å². The van der Waals surface area contributed by atoms with Crippen LogP contribution in [-0.2, 0) is 4.74 Å². The van der Waals surface area contributed by atoms with E-state index in [0.29, 0.717) is 12.0 Å². The molecule has 6 heteroatoms. The highest BCUT2D eigenvalue weighted by Gasteiger charge is 2.55. The van der Waals surface area contributed by atoms with Gasteiger partial charge in [0.2, 0.25) is 0 Å². The molecule has 6 nitrogen and oxygen atoms in total. The molecule has 4 fully saturated rings. The third-order valence-corrected chi connectivity index (χ3v) is 7.18. The van der Waals surface area contributed by atoms with Gasteiger partial charge in [-0.1, -0.05) is 0 Å². The standard InChI is InChI=1S/C23H29N5O/c1-2-16(1)20-4-3-17(11-24-20)21-5-6-22(27-26-21)25-23-18-13-28(14-19(18)23)12-15-7-9-29-10-8-15/h3-6,11,15-16,18-19,23H,1-2,7-10,12-14H2,(H,25,27)/t18-,19+,23+. The lowest BCUT2D eigenvalue weighted by atomic mass is 10.00. The summed E-state index contributed by atoms with van der Waals surface area (Å²) in [5, 5.41) is 12.5. The third-order valence-electron chi connectivity index (χ3n) is 7.18. The highest BCUT2D eigenvalue weighted by molar-refractivity contribution is 5.58. The Labute approximate surface area is 172 Å². The van der Waals surface area contributed by atoms with E-state index in [2.05, 4.69) is 49.7 Å². The summed E-state index contributed by atoms with van der Waals surface area (Å²) in [5.41, 5.74) is 3.15. The minimum Gasteiger partial charge on any atom is -0.381 e. The number of anilines is 1. The van der Waals surface area contributed by atoms with Crippen LogP contribution in [0.3, 0.4) is 0 Å². The fourth-order valence-corrected chi connectivity index (χ4v) is 5.18. The Balaban J connectivity index is 1.01. The maximum Gasteiger partial charge on any atom is 0.148 e. The molecule has 2 saturated carbocycles. The van der Waals surface area contributed by atoms with Gasteiger partial charge in [0.1, 0.15) is 5.82 Å². The molecular formula is C23H29N5O. The van der Waals surface area contributed by atoms with Crippen molar-refractivity contribution in [3.63, 3.8) is 0 Å². The lowest BCUT2D eigenvalue weighted by Gasteiger charge is -2.28. The Kier molecular flexibility index (Phi) is 4.49. The van der Waals surface area contributed by atoms with Crippen LogP contribution in [0.2, 0.25) is 0 Å². The lowest BCUT2D eigenvalue weighted by molar-refractivity contribution is 0.0540. The summed E-state index contributed by atoms with van der Waals surface area (Å²) in [4.78, 5) is 7.25. The number of nitrogens with zero attached hydrogens (tertiary/aromatic N) is 4. The number of pyridine rings is 1. The van der Waals surface area contributed by atoms with Crippen LogP contribution in [0.1, 0.15) is 37.3 Å². The van der Waals surface area contributed by atoms with Gasteiger partial charge in [-0.05, 0) is 67.7 Å². The number of hydrogen-bond donors (Lipinski definition) is 1. The number of ether oxygens (including phenoxy) is 1. The first-order valence-electron chi connectivity index (χ1n) is 11.2. The molecule has 3 atom stereocenters. The van der Waals surface area contributed by atoms with Crippen molar-refractivity contribution in [1.82, 2.24) is 20.1 Å². The number of nitrogens with one attached hydrogen (secondary N) is 1. The predicted octanol–water partition coefficient (Wildman–Crippen LogP) is 3.18. The third kappa shape index (κ3) is 3.76. The van der Waals surface area contributed by atoms with Crippen LogP contribution in [0.4, 0.5) is 5.82 Å². The molecule has 2 aliphatic carbocycles. The van der Waals surface area contributed by atoms with Crippen molar-refractivity contribution in [3.05, 3.63) is 36.2 Å². The second kappa shape index (κ2) is 7.33. The zero-order chi connectivity index (χ0) is 19.2. The summed E-state index contributed by atoms with van der Waals surface area (Å²) in [6, 6.07) is 8.94.